The molecule has 2 heterocycles. The number of hydrogen-bond donors (Lipinski definition) is 4. The molecule has 27 heavy (non-hydrogen) atoms. The summed E-state index contributed by atoms with van der Waals surface area (Å²) in [6.45, 7) is 1.54. The summed E-state index contributed by atoms with van der Waals surface area (Å²) in [6, 6.07) is 10.3. The fourth-order valence-corrected chi connectivity index (χ4v) is 2.96. The van der Waals surface area contributed by atoms with Gasteiger partial charge in [-0.05, 0) is 24.6 Å². The van der Waals surface area contributed by atoms with E-state index in [1.54, 1.807) is 30.5 Å². The Morgan fingerprint density at radius 1 is 1.11 bits per heavy atom. The van der Waals surface area contributed by atoms with Crippen molar-refractivity contribution in [1.82, 2.24) is 4.57 Å². The van der Waals surface area contributed by atoms with E-state index in [2.05, 4.69) is 0 Å². The highest BCUT2D eigenvalue weighted by molar-refractivity contribution is 5.34. The summed E-state index contributed by atoms with van der Waals surface area (Å²) in [6.07, 6.45) is -5.13. The topological polar surface area (TPSA) is 121 Å². The Labute approximate surface area is 155 Å². The van der Waals surface area contributed by atoms with Crippen LogP contribution in [0.4, 0.5) is 0 Å². The monoisotopic (exact) mass is 377 g/mol. The summed E-state index contributed by atoms with van der Waals surface area (Å²) in [5.41, 5.74) is 1.38. The Morgan fingerprint density at radius 3 is 2.56 bits per heavy atom. The Balaban J connectivity index is 1.82. The van der Waals surface area contributed by atoms with E-state index < -0.39 is 37.3 Å². The van der Waals surface area contributed by atoms with Crippen molar-refractivity contribution in [3.63, 3.8) is 0 Å². The number of aliphatic hydroxyl groups excluding tert-OH is 4. The van der Waals surface area contributed by atoms with Crippen LogP contribution in [-0.2, 0) is 11.3 Å². The molecule has 1 aromatic heterocycles. The molecule has 0 unspecified atom stereocenters. The smallest absolute Gasteiger partial charge is 0.251 e. The molecule has 1 aliphatic rings. The third-order valence-electron chi connectivity index (χ3n) is 4.56. The molecule has 3 rings (SSSR count). The number of nitrogens with zero attached hydrogens (tertiary/aromatic N) is 1. The van der Waals surface area contributed by atoms with E-state index in [0.717, 1.165) is 5.56 Å². The fraction of sp³-hybridized carbons (Fsp3) is 0.421. The van der Waals surface area contributed by atoms with Gasteiger partial charge in [-0.15, -0.1) is 0 Å². The van der Waals surface area contributed by atoms with Crippen LogP contribution in [0.25, 0.3) is 0 Å². The van der Waals surface area contributed by atoms with Crippen LogP contribution in [-0.4, -0.2) is 62.3 Å². The first kappa shape index (κ1) is 19.5. The molecule has 0 aliphatic carbocycles. The van der Waals surface area contributed by atoms with Crippen molar-refractivity contribution in [2.24, 2.45) is 0 Å². The van der Waals surface area contributed by atoms with Gasteiger partial charge in [0.05, 0.1) is 13.2 Å². The highest BCUT2D eigenvalue weighted by Crippen LogP contribution is 2.26. The lowest BCUT2D eigenvalue weighted by molar-refractivity contribution is -0.277. The maximum absolute atomic E-state index is 12.1. The van der Waals surface area contributed by atoms with Crippen LogP contribution in [0.15, 0.2) is 47.4 Å². The van der Waals surface area contributed by atoms with E-state index in [-0.39, 0.29) is 12.1 Å². The molecule has 0 bridgehead atoms. The molecule has 1 fully saturated rings. The molecule has 8 nitrogen and oxygen atoms in total. The van der Waals surface area contributed by atoms with Crippen LogP contribution in [0.2, 0.25) is 0 Å². The van der Waals surface area contributed by atoms with E-state index in [0.29, 0.717) is 11.3 Å². The molecule has 0 saturated carbocycles. The molecule has 0 radical (unpaired) electrons. The lowest BCUT2D eigenvalue weighted by atomic mass is 9.99. The van der Waals surface area contributed by atoms with Crippen molar-refractivity contribution in [1.29, 1.82) is 0 Å². The molecular formula is C19H23NO7. The van der Waals surface area contributed by atoms with Crippen molar-refractivity contribution >= 4 is 0 Å². The number of para-hydroxylation sites is 1. The van der Waals surface area contributed by atoms with Gasteiger partial charge in [0, 0.05) is 17.8 Å². The molecule has 0 amide bonds. The predicted octanol–water partition coefficient (Wildman–Crippen LogP) is -0.616. The minimum atomic E-state index is -1.52. The van der Waals surface area contributed by atoms with Crippen molar-refractivity contribution in [3.05, 3.63) is 64.1 Å². The second kappa shape index (κ2) is 8.20. The zero-order chi connectivity index (χ0) is 19.6. The first-order valence-corrected chi connectivity index (χ1v) is 8.63. The summed E-state index contributed by atoms with van der Waals surface area (Å²) < 4.78 is 12.6. The molecule has 4 N–H and O–H groups in total. The van der Waals surface area contributed by atoms with Crippen LogP contribution in [0.3, 0.4) is 0 Å². The number of rotatable bonds is 5. The number of aromatic nitrogens is 1. The minimum absolute atomic E-state index is 0.155. The largest absolute Gasteiger partial charge is 0.462 e. The van der Waals surface area contributed by atoms with Gasteiger partial charge in [-0.25, -0.2) is 0 Å². The molecular weight excluding hydrogens is 354 g/mol. The second-order valence-electron chi connectivity index (χ2n) is 6.59. The van der Waals surface area contributed by atoms with Gasteiger partial charge in [-0.3, -0.25) is 4.79 Å². The molecule has 5 atom stereocenters. The summed E-state index contributed by atoms with van der Waals surface area (Å²) in [4.78, 5) is 12.1. The maximum atomic E-state index is 12.1. The third-order valence-corrected chi connectivity index (χ3v) is 4.56. The molecule has 146 valence electrons. The fourth-order valence-electron chi connectivity index (χ4n) is 2.96. The van der Waals surface area contributed by atoms with Gasteiger partial charge >= 0.3 is 0 Å². The minimum Gasteiger partial charge on any atom is -0.462 e. The maximum Gasteiger partial charge on any atom is 0.251 e. The van der Waals surface area contributed by atoms with Gasteiger partial charge in [0.25, 0.3) is 5.56 Å². The average Bonchev–Trinajstić information content (AvgIpc) is 2.65. The zero-order valence-electron chi connectivity index (χ0n) is 14.8. The van der Waals surface area contributed by atoms with E-state index in [1.807, 2.05) is 13.0 Å². The number of ether oxygens (including phenoxy) is 2. The number of hydrogen-bond acceptors (Lipinski definition) is 7. The van der Waals surface area contributed by atoms with Crippen LogP contribution >= 0.6 is 0 Å². The van der Waals surface area contributed by atoms with E-state index >= 15 is 0 Å². The first-order chi connectivity index (χ1) is 12.9. The molecule has 1 aromatic carbocycles. The van der Waals surface area contributed by atoms with Crippen LogP contribution in [0.5, 0.6) is 5.75 Å². The number of aliphatic hydroxyl groups is 4. The van der Waals surface area contributed by atoms with Gasteiger partial charge in [0.1, 0.15) is 30.2 Å². The van der Waals surface area contributed by atoms with E-state index in [1.165, 1.54) is 10.6 Å². The molecule has 2 aromatic rings. The van der Waals surface area contributed by atoms with Crippen molar-refractivity contribution < 1.29 is 29.9 Å². The Hall–Kier alpha value is -2.23. The van der Waals surface area contributed by atoms with Gasteiger partial charge < -0.3 is 34.5 Å². The van der Waals surface area contributed by atoms with Crippen LogP contribution in [0, 0.1) is 6.92 Å². The summed E-state index contributed by atoms with van der Waals surface area (Å²) in [5, 5.41) is 39.2. The van der Waals surface area contributed by atoms with Gasteiger partial charge in [-0.1, -0.05) is 18.2 Å². The van der Waals surface area contributed by atoms with Crippen LogP contribution < -0.4 is 10.3 Å². The molecule has 8 heteroatoms. The Bertz CT molecular complexity index is 835. The van der Waals surface area contributed by atoms with Crippen molar-refractivity contribution in [2.45, 2.75) is 44.2 Å². The summed E-state index contributed by atoms with van der Waals surface area (Å²) in [5.74, 6) is 0.356. The van der Waals surface area contributed by atoms with Gasteiger partial charge in [0.2, 0.25) is 6.29 Å². The normalized spacial score (nSPS) is 28.1. The Kier molecular flexibility index (Phi) is 5.93. The summed E-state index contributed by atoms with van der Waals surface area (Å²) >= 11 is 0. The summed E-state index contributed by atoms with van der Waals surface area (Å²) in [7, 11) is 0. The van der Waals surface area contributed by atoms with E-state index in [4.69, 9.17) is 9.47 Å². The molecule has 1 aliphatic heterocycles. The second-order valence-corrected chi connectivity index (χ2v) is 6.59. The quantitative estimate of drug-likeness (QED) is 0.548. The molecule has 0 spiro atoms. The van der Waals surface area contributed by atoms with Crippen LogP contribution in [0.1, 0.15) is 11.1 Å². The number of pyridine rings is 1. The van der Waals surface area contributed by atoms with Crippen molar-refractivity contribution in [2.75, 3.05) is 6.61 Å². The zero-order valence-corrected chi connectivity index (χ0v) is 14.8. The standard InChI is InChI=1S/C19H23NO7/c1-11-6-7-20(15(22)8-11)9-12-4-2-3-5-13(12)26-19-18(25)17(24)16(23)14(10-21)27-19/h2-8,14,16-19,21,23-25H,9-10H2,1H3/t14-,16-,17-,18+,19-/m1/s1. The van der Waals surface area contributed by atoms with Gasteiger partial charge in [0.15, 0.2) is 0 Å². The number of aryl methyl sites for hydroxylation is 1. The van der Waals surface area contributed by atoms with Gasteiger partial charge in [-0.2, -0.15) is 0 Å². The predicted molar refractivity (Wildman–Crippen MR) is 95.4 cm³/mol. The lowest BCUT2D eigenvalue weighted by Gasteiger charge is -2.39. The van der Waals surface area contributed by atoms with Crippen molar-refractivity contribution in [3.8, 4) is 5.75 Å². The SMILES string of the molecule is Cc1ccn(Cc2ccccc2O[C@@H]2O[C@H](CO)[C@@H](O)[C@@H](O)[C@@H]2O)c(=O)c1. The highest BCUT2D eigenvalue weighted by Gasteiger charge is 2.44. The molecule has 1 saturated heterocycles. The Morgan fingerprint density at radius 2 is 1.85 bits per heavy atom. The highest BCUT2D eigenvalue weighted by atomic mass is 16.7. The average molecular weight is 377 g/mol. The lowest BCUT2D eigenvalue weighted by Crippen LogP contribution is -2.60. The van der Waals surface area contributed by atoms with E-state index in [9.17, 15) is 25.2 Å². The third kappa shape index (κ3) is 4.20. The number of benzene rings is 1. The first-order valence-electron chi connectivity index (χ1n) is 8.63.